The summed E-state index contributed by atoms with van der Waals surface area (Å²) in [5, 5.41) is 3.17. The zero-order valence-corrected chi connectivity index (χ0v) is 15.2. The van der Waals surface area contributed by atoms with Crippen LogP contribution in [-0.4, -0.2) is 24.2 Å². The second-order valence-corrected chi connectivity index (χ2v) is 6.73. The Labute approximate surface area is 142 Å². The average Bonchev–Trinajstić information content (AvgIpc) is 2.93. The van der Waals surface area contributed by atoms with Gasteiger partial charge in [0.25, 0.3) is 0 Å². The van der Waals surface area contributed by atoms with Crippen LogP contribution >= 0.6 is 11.3 Å². The molecule has 0 aliphatic heterocycles. The van der Waals surface area contributed by atoms with Gasteiger partial charge in [-0.25, -0.2) is 4.98 Å². The van der Waals surface area contributed by atoms with Gasteiger partial charge in [0.15, 0.2) is 11.5 Å². The summed E-state index contributed by atoms with van der Waals surface area (Å²) >= 11 is 1.68. The van der Waals surface area contributed by atoms with Gasteiger partial charge in [0.05, 0.1) is 17.7 Å². The first-order valence-electron chi connectivity index (χ1n) is 8.08. The Morgan fingerprint density at radius 2 is 2.04 bits per heavy atom. The number of benzene rings is 1. The lowest BCUT2D eigenvalue weighted by Crippen LogP contribution is -2.15. The first-order valence-corrected chi connectivity index (χ1v) is 8.95. The van der Waals surface area contributed by atoms with Crippen molar-refractivity contribution in [2.45, 2.75) is 46.1 Å². The van der Waals surface area contributed by atoms with Gasteiger partial charge in [0, 0.05) is 23.5 Å². The number of hydrogen-bond donors (Lipinski definition) is 1. The molecule has 1 aromatic heterocycles. The molecule has 0 aliphatic carbocycles. The minimum absolute atomic E-state index is 0.121. The molecule has 23 heavy (non-hydrogen) atoms. The predicted octanol–water partition coefficient (Wildman–Crippen LogP) is 3.92. The van der Waals surface area contributed by atoms with Crippen LogP contribution in [0.4, 0.5) is 0 Å². The molecule has 2 rings (SSSR count). The van der Waals surface area contributed by atoms with Crippen molar-refractivity contribution < 1.29 is 9.47 Å². The number of ether oxygens (including phenoxy) is 2. The highest BCUT2D eigenvalue weighted by atomic mass is 32.1. The van der Waals surface area contributed by atoms with Crippen LogP contribution < -0.4 is 15.2 Å². The van der Waals surface area contributed by atoms with Crippen molar-refractivity contribution in [1.29, 1.82) is 0 Å². The maximum atomic E-state index is 5.97. The van der Waals surface area contributed by atoms with Crippen LogP contribution in [0.1, 0.15) is 43.0 Å². The third-order valence-electron chi connectivity index (χ3n) is 3.42. The smallest absolute Gasteiger partial charge is 0.161 e. The van der Waals surface area contributed by atoms with Crippen LogP contribution in [0, 0.1) is 6.92 Å². The number of rotatable bonds is 8. The quantitative estimate of drug-likeness (QED) is 0.795. The standard InChI is InChI=1S/C18H26N2O2S/c1-5-21-17-9-14(6-7-16(17)22-12(2)3)8-15(10-19)18-20-13(4)11-23-18/h6-7,9,11-12,15H,5,8,10,19H2,1-4H3. The second kappa shape index (κ2) is 8.31. The molecule has 0 amide bonds. The van der Waals surface area contributed by atoms with E-state index in [1.807, 2.05) is 33.8 Å². The van der Waals surface area contributed by atoms with Gasteiger partial charge in [0.2, 0.25) is 0 Å². The highest BCUT2D eigenvalue weighted by molar-refractivity contribution is 7.09. The van der Waals surface area contributed by atoms with Crippen molar-refractivity contribution >= 4 is 11.3 Å². The molecule has 2 aromatic rings. The highest BCUT2D eigenvalue weighted by Gasteiger charge is 2.16. The number of thiazole rings is 1. The average molecular weight is 334 g/mol. The van der Waals surface area contributed by atoms with E-state index in [1.54, 1.807) is 11.3 Å². The van der Waals surface area contributed by atoms with E-state index in [2.05, 4.69) is 22.5 Å². The van der Waals surface area contributed by atoms with Gasteiger partial charge in [-0.05, 0) is 51.8 Å². The number of aromatic nitrogens is 1. The molecule has 1 unspecified atom stereocenters. The summed E-state index contributed by atoms with van der Waals surface area (Å²) in [5.74, 6) is 1.82. The van der Waals surface area contributed by atoms with Gasteiger partial charge in [-0.1, -0.05) is 6.07 Å². The van der Waals surface area contributed by atoms with Gasteiger partial charge in [-0.2, -0.15) is 0 Å². The molecule has 4 nitrogen and oxygen atoms in total. The van der Waals surface area contributed by atoms with Crippen molar-refractivity contribution in [3.05, 3.63) is 39.8 Å². The molecule has 1 heterocycles. The molecule has 0 radical (unpaired) electrons. The van der Waals surface area contributed by atoms with Crippen LogP contribution in [0.25, 0.3) is 0 Å². The molecule has 0 spiro atoms. The van der Waals surface area contributed by atoms with E-state index in [1.165, 1.54) is 5.56 Å². The van der Waals surface area contributed by atoms with E-state index in [9.17, 15) is 0 Å². The fraction of sp³-hybridized carbons (Fsp3) is 0.500. The molecule has 0 fully saturated rings. The zero-order valence-electron chi connectivity index (χ0n) is 14.3. The van der Waals surface area contributed by atoms with Crippen LogP contribution in [0.5, 0.6) is 11.5 Å². The normalized spacial score (nSPS) is 12.4. The van der Waals surface area contributed by atoms with E-state index < -0.39 is 0 Å². The Balaban J connectivity index is 2.19. The lowest BCUT2D eigenvalue weighted by Gasteiger charge is -2.17. The van der Waals surface area contributed by atoms with Gasteiger partial charge in [0.1, 0.15) is 0 Å². The van der Waals surface area contributed by atoms with Gasteiger partial charge >= 0.3 is 0 Å². The van der Waals surface area contributed by atoms with Crippen molar-refractivity contribution in [1.82, 2.24) is 4.98 Å². The molecule has 0 bridgehead atoms. The fourth-order valence-electron chi connectivity index (χ4n) is 2.41. The minimum atomic E-state index is 0.121. The van der Waals surface area contributed by atoms with E-state index in [0.29, 0.717) is 13.2 Å². The van der Waals surface area contributed by atoms with Crippen LogP contribution in [0.3, 0.4) is 0 Å². The first-order chi connectivity index (χ1) is 11.0. The summed E-state index contributed by atoms with van der Waals surface area (Å²) < 4.78 is 11.5. The minimum Gasteiger partial charge on any atom is -0.490 e. The van der Waals surface area contributed by atoms with Gasteiger partial charge < -0.3 is 15.2 Å². The summed E-state index contributed by atoms with van der Waals surface area (Å²) in [7, 11) is 0. The summed E-state index contributed by atoms with van der Waals surface area (Å²) in [4.78, 5) is 4.58. The Morgan fingerprint density at radius 1 is 1.26 bits per heavy atom. The largest absolute Gasteiger partial charge is 0.490 e. The van der Waals surface area contributed by atoms with E-state index in [4.69, 9.17) is 15.2 Å². The molecule has 1 aromatic carbocycles. The predicted molar refractivity (Wildman–Crippen MR) is 95.7 cm³/mol. The van der Waals surface area contributed by atoms with E-state index >= 15 is 0 Å². The molecule has 126 valence electrons. The lowest BCUT2D eigenvalue weighted by molar-refractivity contribution is 0.223. The Morgan fingerprint density at radius 3 is 2.61 bits per heavy atom. The molecule has 0 saturated heterocycles. The van der Waals surface area contributed by atoms with Crippen molar-refractivity contribution in [3.63, 3.8) is 0 Å². The molecule has 0 saturated carbocycles. The molecule has 0 aliphatic rings. The summed E-state index contributed by atoms with van der Waals surface area (Å²) in [6.07, 6.45) is 0.973. The third kappa shape index (κ3) is 4.94. The van der Waals surface area contributed by atoms with Crippen molar-refractivity contribution in [2.24, 2.45) is 5.73 Å². The van der Waals surface area contributed by atoms with E-state index in [0.717, 1.165) is 28.6 Å². The van der Waals surface area contributed by atoms with E-state index in [-0.39, 0.29) is 12.0 Å². The van der Waals surface area contributed by atoms with Crippen molar-refractivity contribution in [3.8, 4) is 11.5 Å². The van der Waals surface area contributed by atoms with Gasteiger partial charge in [-0.15, -0.1) is 11.3 Å². The number of nitrogens with two attached hydrogens (primary N) is 1. The van der Waals surface area contributed by atoms with Crippen LogP contribution in [0.2, 0.25) is 0 Å². The third-order valence-corrected chi connectivity index (χ3v) is 4.55. The Bertz CT molecular complexity index is 625. The fourth-order valence-corrected chi connectivity index (χ4v) is 3.33. The monoisotopic (exact) mass is 334 g/mol. The first kappa shape index (κ1) is 17.8. The molecular weight excluding hydrogens is 308 g/mol. The summed E-state index contributed by atoms with van der Waals surface area (Å²) in [5.41, 5.74) is 8.21. The lowest BCUT2D eigenvalue weighted by atomic mass is 9.99. The molecule has 5 heteroatoms. The Hall–Kier alpha value is -1.59. The molecule has 1 atom stereocenters. The van der Waals surface area contributed by atoms with Crippen molar-refractivity contribution in [2.75, 3.05) is 13.2 Å². The zero-order chi connectivity index (χ0) is 16.8. The molecular formula is C18H26N2O2S. The Kier molecular flexibility index (Phi) is 6.42. The number of hydrogen-bond acceptors (Lipinski definition) is 5. The second-order valence-electron chi connectivity index (χ2n) is 5.84. The maximum Gasteiger partial charge on any atom is 0.161 e. The summed E-state index contributed by atoms with van der Waals surface area (Å²) in [6.45, 7) is 9.22. The van der Waals surface area contributed by atoms with Gasteiger partial charge in [-0.3, -0.25) is 0 Å². The van der Waals surface area contributed by atoms with Crippen LogP contribution in [-0.2, 0) is 6.42 Å². The molecule has 2 N–H and O–H groups in total. The number of nitrogens with zero attached hydrogens (tertiary/aromatic N) is 1. The van der Waals surface area contributed by atoms with Crippen LogP contribution in [0.15, 0.2) is 23.6 Å². The SMILES string of the molecule is CCOc1cc(CC(CN)c2nc(C)cs2)ccc1OC(C)C. The summed E-state index contributed by atoms with van der Waals surface area (Å²) in [6, 6.07) is 6.13. The topological polar surface area (TPSA) is 57.4 Å². The maximum absolute atomic E-state index is 5.97. The highest BCUT2D eigenvalue weighted by Crippen LogP contribution is 2.32. The number of aryl methyl sites for hydroxylation is 1.